The predicted molar refractivity (Wildman–Crippen MR) is 54.8 cm³/mol. The van der Waals surface area contributed by atoms with E-state index in [9.17, 15) is 18.3 Å². The van der Waals surface area contributed by atoms with Crippen LogP contribution in [0.5, 0.6) is 0 Å². The molecule has 90 valence electrons. The molecule has 2 nitrogen and oxygen atoms in total. The average molecular weight is 233 g/mol. The van der Waals surface area contributed by atoms with Crippen molar-refractivity contribution in [3.05, 3.63) is 34.9 Å². The van der Waals surface area contributed by atoms with Gasteiger partial charge in [0.1, 0.15) is 0 Å². The van der Waals surface area contributed by atoms with E-state index in [-0.39, 0.29) is 18.5 Å². The van der Waals surface area contributed by atoms with Crippen molar-refractivity contribution in [2.75, 3.05) is 6.54 Å². The van der Waals surface area contributed by atoms with E-state index in [1.165, 1.54) is 6.07 Å². The van der Waals surface area contributed by atoms with Gasteiger partial charge in [0, 0.05) is 0 Å². The molecule has 0 saturated heterocycles. The van der Waals surface area contributed by atoms with E-state index in [0.717, 1.165) is 6.07 Å². The van der Waals surface area contributed by atoms with E-state index in [1.54, 1.807) is 13.0 Å². The fourth-order valence-electron chi connectivity index (χ4n) is 1.67. The zero-order valence-electron chi connectivity index (χ0n) is 8.88. The highest BCUT2D eigenvalue weighted by molar-refractivity contribution is 5.38. The standard InChI is InChI=1S/C11H14F3NO/c1-7-3-2-4-8(11(12,13)14)10(7)9(16)5-6-15/h2-4,9,16H,5-6,15H2,1H3. The molecule has 0 heterocycles. The maximum Gasteiger partial charge on any atom is 0.416 e. The number of aliphatic hydroxyl groups is 1. The molecular weight excluding hydrogens is 219 g/mol. The van der Waals surface area contributed by atoms with Crippen molar-refractivity contribution in [3.63, 3.8) is 0 Å². The molecule has 0 fully saturated rings. The molecule has 0 radical (unpaired) electrons. The van der Waals surface area contributed by atoms with Crippen LogP contribution in [0.1, 0.15) is 29.2 Å². The Kier molecular flexibility index (Phi) is 3.93. The van der Waals surface area contributed by atoms with Crippen molar-refractivity contribution in [1.29, 1.82) is 0 Å². The van der Waals surface area contributed by atoms with Crippen LogP contribution in [0, 0.1) is 6.92 Å². The van der Waals surface area contributed by atoms with Gasteiger partial charge in [-0.25, -0.2) is 0 Å². The summed E-state index contributed by atoms with van der Waals surface area (Å²) < 4.78 is 38.1. The second-order valence-electron chi connectivity index (χ2n) is 3.63. The third kappa shape index (κ3) is 2.74. The number of hydrogen-bond donors (Lipinski definition) is 2. The summed E-state index contributed by atoms with van der Waals surface area (Å²) in [7, 11) is 0. The minimum Gasteiger partial charge on any atom is -0.388 e. The third-order valence-electron chi connectivity index (χ3n) is 2.40. The Morgan fingerprint density at radius 3 is 2.50 bits per heavy atom. The molecule has 0 amide bonds. The Bertz CT molecular complexity index is 363. The van der Waals surface area contributed by atoms with Crippen LogP contribution < -0.4 is 5.73 Å². The third-order valence-corrected chi connectivity index (χ3v) is 2.40. The molecule has 5 heteroatoms. The summed E-state index contributed by atoms with van der Waals surface area (Å²) in [4.78, 5) is 0. The number of nitrogens with two attached hydrogens (primary N) is 1. The number of hydrogen-bond acceptors (Lipinski definition) is 2. The Hall–Kier alpha value is -1.07. The Labute approximate surface area is 91.9 Å². The van der Waals surface area contributed by atoms with E-state index in [0.29, 0.717) is 5.56 Å². The largest absolute Gasteiger partial charge is 0.416 e. The van der Waals surface area contributed by atoms with Gasteiger partial charge in [-0.15, -0.1) is 0 Å². The smallest absolute Gasteiger partial charge is 0.388 e. The SMILES string of the molecule is Cc1cccc(C(F)(F)F)c1C(O)CCN. The van der Waals surface area contributed by atoms with Crippen molar-refractivity contribution in [2.24, 2.45) is 5.73 Å². The van der Waals surface area contributed by atoms with Crippen LogP contribution in [0.2, 0.25) is 0 Å². The minimum absolute atomic E-state index is 0.0690. The van der Waals surface area contributed by atoms with Crippen LogP contribution in [-0.4, -0.2) is 11.7 Å². The van der Waals surface area contributed by atoms with Crippen LogP contribution in [0.4, 0.5) is 13.2 Å². The molecule has 0 aromatic heterocycles. The first kappa shape index (κ1) is 13.0. The zero-order chi connectivity index (χ0) is 12.3. The van der Waals surface area contributed by atoms with Crippen molar-refractivity contribution >= 4 is 0 Å². The lowest BCUT2D eigenvalue weighted by Gasteiger charge is -2.19. The first-order chi connectivity index (χ1) is 7.38. The molecule has 0 bridgehead atoms. The molecule has 0 spiro atoms. The number of halogens is 3. The van der Waals surface area contributed by atoms with E-state index >= 15 is 0 Å². The van der Waals surface area contributed by atoms with E-state index in [2.05, 4.69) is 0 Å². The highest BCUT2D eigenvalue weighted by Gasteiger charge is 2.35. The second-order valence-corrected chi connectivity index (χ2v) is 3.63. The molecule has 3 N–H and O–H groups in total. The number of rotatable bonds is 3. The summed E-state index contributed by atoms with van der Waals surface area (Å²) in [6.45, 7) is 1.69. The minimum atomic E-state index is -4.45. The number of aryl methyl sites for hydroxylation is 1. The molecule has 1 atom stereocenters. The molecule has 1 aromatic carbocycles. The first-order valence-electron chi connectivity index (χ1n) is 4.92. The lowest BCUT2D eigenvalue weighted by atomic mass is 9.95. The van der Waals surface area contributed by atoms with E-state index in [1.807, 2.05) is 0 Å². The van der Waals surface area contributed by atoms with Gasteiger partial charge in [-0.05, 0) is 37.1 Å². The van der Waals surface area contributed by atoms with Crippen LogP contribution in [-0.2, 0) is 6.18 Å². The average Bonchev–Trinajstić information content (AvgIpc) is 2.16. The monoisotopic (exact) mass is 233 g/mol. The zero-order valence-corrected chi connectivity index (χ0v) is 8.88. The van der Waals surface area contributed by atoms with Crippen LogP contribution in [0.15, 0.2) is 18.2 Å². The van der Waals surface area contributed by atoms with Gasteiger partial charge in [-0.1, -0.05) is 12.1 Å². The summed E-state index contributed by atoms with van der Waals surface area (Å²) in [5.41, 5.74) is 4.81. The van der Waals surface area contributed by atoms with Gasteiger partial charge in [0.2, 0.25) is 0 Å². The van der Waals surface area contributed by atoms with E-state index in [4.69, 9.17) is 5.73 Å². The number of alkyl halides is 3. The second kappa shape index (κ2) is 4.84. The van der Waals surface area contributed by atoms with Gasteiger partial charge in [0.25, 0.3) is 0 Å². The Morgan fingerprint density at radius 2 is 2.00 bits per heavy atom. The fraction of sp³-hybridized carbons (Fsp3) is 0.455. The summed E-state index contributed by atoms with van der Waals surface area (Å²) in [6, 6.07) is 3.85. The number of aliphatic hydroxyl groups excluding tert-OH is 1. The van der Waals surface area contributed by atoms with Gasteiger partial charge in [-0.2, -0.15) is 13.2 Å². The van der Waals surface area contributed by atoms with Gasteiger partial charge >= 0.3 is 6.18 Å². The van der Waals surface area contributed by atoms with Gasteiger partial charge < -0.3 is 10.8 Å². The molecular formula is C11H14F3NO. The molecule has 1 rings (SSSR count). The summed E-state index contributed by atoms with van der Waals surface area (Å²) in [5.74, 6) is 0. The molecule has 0 aliphatic rings. The van der Waals surface area contributed by atoms with Crippen LogP contribution in [0.25, 0.3) is 0 Å². The van der Waals surface area contributed by atoms with Gasteiger partial charge in [0.15, 0.2) is 0 Å². The highest BCUT2D eigenvalue weighted by Crippen LogP contribution is 2.36. The van der Waals surface area contributed by atoms with Crippen molar-refractivity contribution in [2.45, 2.75) is 25.6 Å². The van der Waals surface area contributed by atoms with Gasteiger partial charge in [-0.3, -0.25) is 0 Å². The van der Waals surface area contributed by atoms with Gasteiger partial charge in [0.05, 0.1) is 11.7 Å². The van der Waals surface area contributed by atoms with Crippen LogP contribution >= 0.6 is 0 Å². The number of benzene rings is 1. The topological polar surface area (TPSA) is 46.2 Å². The van der Waals surface area contributed by atoms with Crippen molar-refractivity contribution in [1.82, 2.24) is 0 Å². The first-order valence-corrected chi connectivity index (χ1v) is 4.92. The predicted octanol–water partition coefficient (Wildman–Crippen LogP) is 2.40. The summed E-state index contributed by atoms with van der Waals surface area (Å²) in [5, 5.41) is 9.67. The maximum absolute atomic E-state index is 12.7. The quantitative estimate of drug-likeness (QED) is 0.842. The van der Waals surface area contributed by atoms with E-state index < -0.39 is 17.8 Å². The normalized spacial score (nSPS) is 13.9. The Balaban J connectivity index is 3.24. The van der Waals surface area contributed by atoms with Crippen molar-refractivity contribution < 1.29 is 18.3 Å². The lowest BCUT2D eigenvalue weighted by Crippen LogP contribution is -2.15. The summed E-state index contributed by atoms with van der Waals surface area (Å²) in [6.07, 6.45) is -5.49. The van der Waals surface area contributed by atoms with Crippen molar-refractivity contribution in [3.8, 4) is 0 Å². The molecule has 1 unspecified atom stereocenters. The lowest BCUT2D eigenvalue weighted by molar-refractivity contribution is -0.139. The summed E-state index contributed by atoms with van der Waals surface area (Å²) >= 11 is 0. The molecule has 1 aromatic rings. The molecule has 0 aliphatic heterocycles. The fourth-order valence-corrected chi connectivity index (χ4v) is 1.67. The van der Waals surface area contributed by atoms with Crippen LogP contribution in [0.3, 0.4) is 0 Å². The molecule has 0 aliphatic carbocycles. The molecule has 16 heavy (non-hydrogen) atoms. The molecule has 0 saturated carbocycles. The Morgan fingerprint density at radius 1 is 1.38 bits per heavy atom. The maximum atomic E-state index is 12.7. The highest BCUT2D eigenvalue weighted by atomic mass is 19.4.